The van der Waals surface area contributed by atoms with E-state index in [1.165, 1.54) is 0 Å². The molecule has 1 unspecified atom stereocenters. The van der Waals surface area contributed by atoms with Crippen molar-refractivity contribution in [1.82, 2.24) is 9.88 Å². The zero-order valence-corrected chi connectivity index (χ0v) is 12.4. The SMILES string of the molecule is CCc1cnc(CN2CCOc3ccccc3C2C(=O)O)o1. The van der Waals surface area contributed by atoms with Crippen molar-refractivity contribution in [3.05, 3.63) is 47.7 Å². The number of nitrogens with zero attached hydrogens (tertiary/aromatic N) is 2. The summed E-state index contributed by atoms with van der Waals surface area (Å²) in [5.74, 6) is 1.05. The molecule has 2 aromatic rings. The predicted octanol–water partition coefficient (Wildman–Crippen LogP) is 2.26. The van der Waals surface area contributed by atoms with Crippen molar-refractivity contribution in [1.29, 1.82) is 0 Å². The summed E-state index contributed by atoms with van der Waals surface area (Å²) in [5, 5.41) is 9.66. The molecule has 0 amide bonds. The number of carboxylic acids is 1. The van der Waals surface area contributed by atoms with Gasteiger partial charge in [-0.15, -0.1) is 0 Å². The van der Waals surface area contributed by atoms with Crippen LogP contribution >= 0.6 is 0 Å². The van der Waals surface area contributed by atoms with Crippen LogP contribution in [0.3, 0.4) is 0 Å². The van der Waals surface area contributed by atoms with Crippen LogP contribution in [-0.2, 0) is 17.8 Å². The van der Waals surface area contributed by atoms with E-state index in [0.717, 1.165) is 12.2 Å². The normalized spacial score (nSPS) is 18.3. The van der Waals surface area contributed by atoms with Gasteiger partial charge in [-0.25, -0.2) is 4.98 Å². The second-order valence-electron chi connectivity index (χ2n) is 5.17. The van der Waals surface area contributed by atoms with Crippen molar-refractivity contribution in [3.63, 3.8) is 0 Å². The van der Waals surface area contributed by atoms with E-state index in [4.69, 9.17) is 9.15 Å². The number of aromatic nitrogens is 1. The fraction of sp³-hybridized carbons (Fsp3) is 0.375. The largest absolute Gasteiger partial charge is 0.492 e. The van der Waals surface area contributed by atoms with Gasteiger partial charge in [0.1, 0.15) is 24.2 Å². The molecule has 1 aromatic carbocycles. The van der Waals surface area contributed by atoms with E-state index in [1.54, 1.807) is 18.3 Å². The Balaban J connectivity index is 1.90. The first-order valence-corrected chi connectivity index (χ1v) is 7.31. The van der Waals surface area contributed by atoms with Gasteiger partial charge in [-0.05, 0) is 6.07 Å². The molecule has 1 aliphatic heterocycles. The van der Waals surface area contributed by atoms with Gasteiger partial charge < -0.3 is 14.3 Å². The lowest BCUT2D eigenvalue weighted by Crippen LogP contribution is -2.34. The molecule has 22 heavy (non-hydrogen) atoms. The highest BCUT2D eigenvalue weighted by Crippen LogP contribution is 2.32. The van der Waals surface area contributed by atoms with E-state index >= 15 is 0 Å². The zero-order chi connectivity index (χ0) is 15.5. The minimum absolute atomic E-state index is 0.342. The molecule has 0 saturated carbocycles. The molecule has 0 saturated heterocycles. The number of oxazole rings is 1. The number of fused-ring (bicyclic) bond motifs is 1. The molecule has 1 N–H and O–H groups in total. The fourth-order valence-electron chi connectivity index (χ4n) is 2.65. The summed E-state index contributed by atoms with van der Waals surface area (Å²) in [6, 6.07) is 6.49. The first kappa shape index (κ1) is 14.6. The average molecular weight is 302 g/mol. The minimum Gasteiger partial charge on any atom is -0.492 e. The van der Waals surface area contributed by atoms with Crippen molar-refractivity contribution in [2.24, 2.45) is 0 Å². The molecule has 1 aliphatic rings. The Kier molecular flexibility index (Phi) is 4.11. The van der Waals surface area contributed by atoms with Gasteiger partial charge >= 0.3 is 5.97 Å². The Labute approximate surface area is 128 Å². The monoisotopic (exact) mass is 302 g/mol. The smallest absolute Gasteiger partial charge is 0.325 e. The number of benzene rings is 1. The van der Waals surface area contributed by atoms with E-state index in [0.29, 0.717) is 36.9 Å². The Morgan fingerprint density at radius 1 is 1.45 bits per heavy atom. The third kappa shape index (κ3) is 2.82. The Hall–Kier alpha value is -2.34. The molecular formula is C16H18N2O4. The molecule has 116 valence electrons. The number of hydrogen-bond acceptors (Lipinski definition) is 5. The maximum atomic E-state index is 11.8. The molecule has 3 rings (SSSR count). The van der Waals surface area contributed by atoms with E-state index in [-0.39, 0.29) is 0 Å². The number of aryl methyl sites for hydroxylation is 1. The summed E-state index contributed by atoms with van der Waals surface area (Å²) in [5.41, 5.74) is 0.662. The molecule has 0 aliphatic carbocycles. The number of rotatable bonds is 4. The Bertz CT molecular complexity index is 668. The zero-order valence-electron chi connectivity index (χ0n) is 12.4. The van der Waals surface area contributed by atoms with Crippen molar-refractivity contribution in [2.45, 2.75) is 25.9 Å². The maximum Gasteiger partial charge on any atom is 0.325 e. The summed E-state index contributed by atoms with van der Waals surface area (Å²) in [4.78, 5) is 17.8. The summed E-state index contributed by atoms with van der Waals surface area (Å²) in [7, 11) is 0. The summed E-state index contributed by atoms with van der Waals surface area (Å²) in [6.45, 7) is 3.26. The van der Waals surface area contributed by atoms with Crippen LogP contribution in [-0.4, -0.2) is 34.1 Å². The van der Waals surface area contributed by atoms with Crippen LogP contribution in [0, 0.1) is 0 Å². The molecule has 0 fully saturated rings. The third-order valence-electron chi connectivity index (χ3n) is 3.74. The van der Waals surface area contributed by atoms with Gasteiger partial charge in [-0.2, -0.15) is 0 Å². The van der Waals surface area contributed by atoms with Crippen molar-refractivity contribution in [3.8, 4) is 5.75 Å². The number of aliphatic carboxylic acids is 1. The van der Waals surface area contributed by atoms with Crippen molar-refractivity contribution < 1.29 is 19.1 Å². The van der Waals surface area contributed by atoms with Gasteiger partial charge in [0.25, 0.3) is 0 Å². The molecule has 1 aromatic heterocycles. The first-order valence-electron chi connectivity index (χ1n) is 7.31. The second kappa shape index (κ2) is 6.19. The molecule has 0 spiro atoms. The Morgan fingerprint density at radius 3 is 3.00 bits per heavy atom. The molecule has 0 bridgehead atoms. The lowest BCUT2D eigenvalue weighted by atomic mass is 10.0. The van der Waals surface area contributed by atoms with Gasteiger partial charge in [-0.1, -0.05) is 25.1 Å². The molecule has 2 heterocycles. The van der Waals surface area contributed by atoms with Crippen LogP contribution in [0.1, 0.15) is 30.2 Å². The summed E-state index contributed by atoms with van der Waals surface area (Å²) in [6.07, 6.45) is 2.45. The van der Waals surface area contributed by atoms with Gasteiger partial charge in [0, 0.05) is 18.5 Å². The van der Waals surface area contributed by atoms with Gasteiger partial charge in [0.05, 0.1) is 12.7 Å². The molecule has 6 nitrogen and oxygen atoms in total. The van der Waals surface area contributed by atoms with Crippen LogP contribution in [0.2, 0.25) is 0 Å². The molecular weight excluding hydrogens is 284 g/mol. The topological polar surface area (TPSA) is 75.8 Å². The van der Waals surface area contributed by atoms with Gasteiger partial charge in [0.2, 0.25) is 5.89 Å². The number of carboxylic acid groups (broad SMARTS) is 1. The highest BCUT2D eigenvalue weighted by atomic mass is 16.5. The maximum absolute atomic E-state index is 11.8. The highest BCUT2D eigenvalue weighted by Gasteiger charge is 2.33. The van der Waals surface area contributed by atoms with Crippen LogP contribution in [0.5, 0.6) is 5.75 Å². The van der Waals surface area contributed by atoms with Crippen LogP contribution < -0.4 is 4.74 Å². The van der Waals surface area contributed by atoms with E-state index in [1.807, 2.05) is 24.0 Å². The fourth-order valence-corrected chi connectivity index (χ4v) is 2.65. The Morgan fingerprint density at radius 2 is 2.27 bits per heavy atom. The van der Waals surface area contributed by atoms with Crippen LogP contribution in [0.4, 0.5) is 0 Å². The van der Waals surface area contributed by atoms with Crippen molar-refractivity contribution in [2.75, 3.05) is 13.2 Å². The quantitative estimate of drug-likeness (QED) is 0.933. The number of hydrogen-bond donors (Lipinski definition) is 1. The van der Waals surface area contributed by atoms with E-state index in [2.05, 4.69) is 4.98 Å². The van der Waals surface area contributed by atoms with Gasteiger partial charge in [-0.3, -0.25) is 9.69 Å². The molecule has 1 atom stereocenters. The predicted molar refractivity (Wildman–Crippen MR) is 78.6 cm³/mol. The van der Waals surface area contributed by atoms with Crippen molar-refractivity contribution >= 4 is 5.97 Å². The lowest BCUT2D eigenvalue weighted by Gasteiger charge is -2.25. The number of carbonyl (C=O) groups is 1. The first-order chi connectivity index (χ1) is 10.7. The molecule has 0 radical (unpaired) electrons. The lowest BCUT2D eigenvalue weighted by molar-refractivity contribution is -0.143. The minimum atomic E-state index is -0.903. The summed E-state index contributed by atoms with van der Waals surface area (Å²) < 4.78 is 11.3. The van der Waals surface area contributed by atoms with E-state index in [9.17, 15) is 9.90 Å². The number of ether oxygens (including phenoxy) is 1. The summed E-state index contributed by atoms with van der Waals surface area (Å²) >= 11 is 0. The molecule has 6 heteroatoms. The van der Waals surface area contributed by atoms with E-state index < -0.39 is 12.0 Å². The standard InChI is InChI=1S/C16H18N2O4/c1-2-11-9-17-14(22-11)10-18-7-8-21-13-6-4-3-5-12(13)15(18)16(19)20/h3-6,9,15H,2,7-8,10H2,1H3,(H,19,20). The second-order valence-corrected chi connectivity index (χ2v) is 5.17. The highest BCUT2D eigenvalue weighted by molar-refractivity contribution is 5.76. The van der Waals surface area contributed by atoms with Gasteiger partial charge in [0.15, 0.2) is 0 Å². The van der Waals surface area contributed by atoms with Crippen LogP contribution in [0.15, 0.2) is 34.9 Å². The third-order valence-corrected chi connectivity index (χ3v) is 3.74. The average Bonchev–Trinajstić information content (AvgIpc) is 2.87. The van der Waals surface area contributed by atoms with Crippen LogP contribution in [0.25, 0.3) is 0 Å². The number of para-hydroxylation sites is 1.